The molecule has 3 N–H and O–H groups in total. The molecule has 2 atom stereocenters. The second kappa shape index (κ2) is 8.57. The van der Waals surface area contributed by atoms with Crippen LogP contribution in [0.1, 0.15) is 27.2 Å². The predicted molar refractivity (Wildman–Crippen MR) is 110 cm³/mol. The lowest BCUT2D eigenvalue weighted by Crippen LogP contribution is -2.50. The Labute approximate surface area is 173 Å². The SMILES string of the molecule is CC(C)(C)OC(=O)N1CCC(O)C(O)C1.Fc1ccc2[nH]c3ccc(F)cc3c2c1. The smallest absolute Gasteiger partial charge is 0.410 e. The topological polar surface area (TPSA) is 85.8 Å². The maximum absolute atomic E-state index is 13.0. The van der Waals surface area contributed by atoms with Crippen LogP contribution >= 0.6 is 0 Å². The van der Waals surface area contributed by atoms with Crippen molar-refractivity contribution in [3.63, 3.8) is 0 Å². The summed E-state index contributed by atoms with van der Waals surface area (Å²) < 4.78 is 31.2. The van der Waals surface area contributed by atoms with Crippen LogP contribution in [0.4, 0.5) is 13.6 Å². The van der Waals surface area contributed by atoms with Crippen molar-refractivity contribution in [2.45, 2.75) is 45.0 Å². The highest BCUT2D eigenvalue weighted by atomic mass is 19.1. The molecule has 8 heteroatoms. The minimum atomic E-state index is -0.869. The fraction of sp³-hybridized carbons (Fsp3) is 0.409. The second-order valence-corrected chi connectivity index (χ2v) is 8.35. The van der Waals surface area contributed by atoms with Gasteiger partial charge in [0.1, 0.15) is 17.2 Å². The molecule has 3 aromatic rings. The Balaban J connectivity index is 0.000000171. The van der Waals surface area contributed by atoms with E-state index in [1.54, 1.807) is 32.9 Å². The molecular weight excluding hydrogens is 394 g/mol. The number of fused-ring (bicyclic) bond motifs is 3. The van der Waals surface area contributed by atoms with Gasteiger partial charge >= 0.3 is 6.09 Å². The number of nitrogens with zero attached hydrogens (tertiary/aromatic N) is 1. The molecule has 2 heterocycles. The van der Waals surface area contributed by atoms with Crippen molar-refractivity contribution >= 4 is 27.9 Å². The van der Waals surface area contributed by atoms with E-state index in [9.17, 15) is 23.8 Å². The lowest BCUT2D eigenvalue weighted by atomic mass is 10.1. The third-order valence-corrected chi connectivity index (χ3v) is 4.72. The van der Waals surface area contributed by atoms with Gasteiger partial charge in [-0.1, -0.05) is 0 Å². The highest BCUT2D eigenvalue weighted by molar-refractivity contribution is 6.07. The highest BCUT2D eigenvalue weighted by Gasteiger charge is 2.31. The van der Waals surface area contributed by atoms with Crippen LogP contribution in [0.5, 0.6) is 0 Å². The average Bonchev–Trinajstić information content (AvgIpc) is 3.00. The summed E-state index contributed by atoms with van der Waals surface area (Å²) in [6.07, 6.45) is -1.65. The van der Waals surface area contributed by atoms with E-state index >= 15 is 0 Å². The van der Waals surface area contributed by atoms with Crippen molar-refractivity contribution < 1.29 is 28.5 Å². The minimum Gasteiger partial charge on any atom is -0.444 e. The molecule has 0 aliphatic carbocycles. The van der Waals surface area contributed by atoms with Crippen molar-refractivity contribution in [3.05, 3.63) is 48.0 Å². The summed E-state index contributed by atoms with van der Waals surface area (Å²) in [6.45, 7) is 5.93. The molecule has 4 rings (SSSR count). The number of nitrogens with one attached hydrogen (secondary N) is 1. The Bertz CT molecular complexity index is 988. The van der Waals surface area contributed by atoms with Crippen molar-refractivity contribution in [3.8, 4) is 0 Å². The van der Waals surface area contributed by atoms with Gasteiger partial charge in [0.15, 0.2) is 0 Å². The van der Waals surface area contributed by atoms with Crippen LogP contribution < -0.4 is 0 Å². The summed E-state index contributed by atoms with van der Waals surface area (Å²) in [7, 11) is 0. The molecule has 1 aliphatic rings. The molecule has 1 amide bonds. The van der Waals surface area contributed by atoms with Crippen molar-refractivity contribution in [2.24, 2.45) is 0 Å². The Hall–Kier alpha value is -2.71. The van der Waals surface area contributed by atoms with Gasteiger partial charge in [-0.2, -0.15) is 0 Å². The first-order valence-corrected chi connectivity index (χ1v) is 9.74. The minimum absolute atomic E-state index is 0.135. The van der Waals surface area contributed by atoms with Gasteiger partial charge in [-0.15, -0.1) is 0 Å². The number of β-amino-alcohol motifs (C(OH)–C–C–N with tert-alkyl or cyclic N) is 1. The van der Waals surface area contributed by atoms with E-state index in [4.69, 9.17) is 4.74 Å². The Morgan fingerprint density at radius 1 is 1.03 bits per heavy atom. The summed E-state index contributed by atoms with van der Waals surface area (Å²) in [5.41, 5.74) is 1.10. The molecule has 162 valence electrons. The van der Waals surface area contributed by atoms with Crippen molar-refractivity contribution in [1.29, 1.82) is 0 Å². The van der Waals surface area contributed by atoms with Crippen LogP contribution in [-0.2, 0) is 4.74 Å². The fourth-order valence-corrected chi connectivity index (χ4v) is 3.25. The zero-order chi connectivity index (χ0) is 22.1. The molecule has 6 nitrogen and oxygen atoms in total. The van der Waals surface area contributed by atoms with Crippen LogP contribution in [0.2, 0.25) is 0 Å². The summed E-state index contributed by atoms with van der Waals surface area (Å²) in [5.74, 6) is -0.625. The molecule has 2 unspecified atom stereocenters. The molecule has 30 heavy (non-hydrogen) atoms. The molecule has 0 spiro atoms. The van der Waals surface area contributed by atoms with Crippen LogP contribution in [0.25, 0.3) is 21.8 Å². The van der Waals surface area contributed by atoms with Crippen LogP contribution in [0.3, 0.4) is 0 Å². The highest BCUT2D eigenvalue weighted by Crippen LogP contribution is 2.26. The van der Waals surface area contributed by atoms with E-state index in [-0.39, 0.29) is 18.2 Å². The van der Waals surface area contributed by atoms with Gasteiger partial charge in [0.05, 0.1) is 18.8 Å². The third-order valence-electron chi connectivity index (χ3n) is 4.72. The molecule has 0 saturated carbocycles. The van der Waals surface area contributed by atoms with Crippen molar-refractivity contribution in [1.82, 2.24) is 9.88 Å². The van der Waals surface area contributed by atoms with Gasteiger partial charge in [-0.3, -0.25) is 0 Å². The first-order chi connectivity index (χ1) is 14.0. The number of carbonyl (C=O) groups is 1. The first kappa shape index (κ1) is 22.0. The second-order valence-electron chi connectivity index (χ2n) is 8.35. The Kier molecular flexibility index (Phi) is 6.28. The van der Waals surface area contributed by atoms with Gasteiger partial charge in [0, 0.05) is 28.4 Å². The number of aliphatic hydroxyl groups excluding tert-OH is 2. The monoisotopic (exact) mass is 420 g/mol. The lowest BCUT2D eigenvalue weighted by molar-refractivity contribution is -0.0468. The number of carbonyl (C=O) groups excluding carboxylic acids is 1. The molecule has 1 aromatic heterocycles. The number of aromatic amines is 1. The normalized spacial score (nSPS) is 19.5. The number of H-pyrrole nitrogens is 1. The predicted octanol–water partition coefficient (Wildman–Crippen LogP) is 3.95. The molecule has 1 fully saturated rings. The lowest BCUT2D eigenvalue weighted by Gasteiger charge is -2.34. The number of ether oxygens (including phenoxy) is 1. The van der Waals surface area contributed by atoms with E-state index in [1.807, 2.05) is 0 Å². The Morgan fingerprint density at radius 3 is 2.03 bits per heavy atom. The van der Waals surface area contributed by atoms with Gasteiger partial charge in [-0.25, -0.2) is 13.6 Å². The number of piperidine rings is 1. The van der Waals surface area contributed by atoms with E-state index < -0.39 is 23.9 Å². The maximum atomic E-state index is 13.0. The molecule has 2 aromatic carbocycles. The van der Waals surface area contributed by atoms with Gasteiger partial charge in [0.2, 0.25) is 0 Å². The van der Waals surface area contributed by atoms with Gasteiger partial charge in [-0.05, 0) is 63.6 Å². The number of aliphatic hydroxyl groups is 2. The average molecular weight is 420 g/mol. The summed E-state index contributed by atoms with van der Waals surface area (Å²) in [6, 6.07) is 8.90. The fourth-order valence-electron chi connectivity index (χ4n) is 3.25. The number of halogens is 2. The number of benzene rings is 2. The Morgan fingerprint density at radius 2 is 1.57 bits per heavy atom. The number of rotatable bonds is 0. The largest absolute Gasteiger partial charge is 0.444 e. The van der Waals surface area contributed by atoms with E-state index in [0.29, 0.717) is 23.7 Å². The van der Waals surface area contributed by atoms with E-state index in [0.717, 1.165) is 11.0 Å². The van der Waals surface area contributed by atoms with Crippen LogP contribution in [0, 0.1) is 11.6 Å². The number of hydrogen-bond acceptors (Lipinski definition) is 4. The first-order valence-electron chi connectivity index (χ1n) is 9.74. The maximum Gasteiger partial charge on any atom is 0.410 e. The van der Waals surface area contributed by atoms with Gasteiger partial charge < -0.3 is 24.8 Å². The number of likely N-dealkylation sites (tertiary alicyclic amines) is 1. The summed E-state index contributed by atoms with van der Waals surface area (Å²) >= 11 is 0. The molecular formula is C22H26F2N2O4. The molecule has 1 saturated heterocycles. The van der Waals surface area contributed by atoms with Crippen LogP contribution in [0.15, 0.2) is 36.4 Å². The third kappa shape index (κ3) is 5.25. The number of hydrogen-bond donors (Lipinski definition) is 3. The van der Waals surface area contributed by atoms with Crippen molar-refractivity contribution in [2.75, 3.05) is 13.1 Å². The van der Waals surface area contributed by atoms with Crippen LogP contribution in [-0.4, -0.2) is 57.1 Å². The van der Waals surface area contributed by atoms with E-state index in [1.165, 1.54) is 29.2 Å². The molecule has 1 aliphatic heterocycles. The quantitative estimate of drug-likeness (QED) is 0.514. The van der Waals surface area contributed by atoms with E-state index in [2.05, 4.69) is 4.98 Å². The molecule has 0 radical (unpaired) electrons. The number of aromatic nitrogens is 1. The number of amides is 1. The standard InChI is InChI=1S/C12H7F2N.C10H19NO4/c13-7-1-3-11-9(5-7)10-6-8(14)2-4-12(10)15-11;1-10(2,3)15-9(14)11-5-4-7(12)8(13)6-11/h1-6,15H;7-8,12-13H,4-6H2,1-3H3. The summed E-state index contributed by atoms with van der Waals surface area (Å²) in [4.78, 5) is 16.1. The zero-order valence-electron chi connectivity index (χ0n) is 17.2. The zero-order valence-corrected chi connectivity index (χ0v) is 17.2. The molecule has 0 bridgehead atoms. The summed E-state index contributed by atoms with van der Waals surface area (Å²) in [5, 5.41) is 20.1. The van der Waals surface area contributed by atoms with Gasteiger partial charge in [0.25, 0.3) is 0 Å².